The normalized spacial score (nSPS) is 21.0. The first kappa shape index (κ1) is 9.25. The average molecular weight is 189 g/mol. The number of rotatable bonds is 1. The number of carbonyl (C=O) groups is 1. The first-order valence-electron chi connectivity index (χ1n) is 5.00. The molecule has 1 fully saturated rings. The molecule has 0 saturated carbocycles. The van der Waals surface area contributed by atoms with E-state index in [4.69, 9.17) is 0 Å². The highest BCUT2D eigenvalue weighted by molar-refractivity contribution is 5.79. The molecule has 0 radical (unpaired) electrons. The van der Waals surface area contributed by atoms with Crippen molar-refractivity contribution in [3.05, 3.63) is 34.9 Å². The van der Waals surface area contributed by atoms with Gasteiger partial charge >= 0.3 is 0 Å². The van der Waals surface area contributed by atoms with Crippen molar-refractivity contribution in [2.45, 2.75) is 26.2 Å². The van der Waals surface area contributed by atoms with Crippen LogP contribution in [0.2, 0.25) is 0 Å². The van der Waals surface area contributed by atoms with Crippen molar-refractivity contribution < 1.29 is 4.79 Å². The smallest absolute Gasteiger partial charge is 0.220 e. The molecule has 14 heavy (non-hydrogen) atoms. The van der Waals surface area contributed by atoms with Gasteiger partial charge in [0.15, 0.2) is 0 Å². The zero-order valence-electron chi connectivity index (χ0n) is 8.63. The van der Waals surface area contributed by atoms with Crippen molar-refractivity contribution in [2.24, 2.45) is 0 Å². The molecule has 1 aliphatic heterocycles. The molecule has 1 unspecified atom stereocenters. The molecular weight excluding hydrogens is 174 g/mol. The largest absolute Gasteiger partial charge is 0.355 e. The zero-order valence-corrected chi connectivity index (χ0v) is 8.63. The van der Waals surface area contributed by atoms with Crippen molar-refractivity contribution in [1.82, 2.24) is 5.32 Å². The van der Waals surface area contributed by atoms with Gasteiger partial charge in [-0.3, -0.25) is 4.79 Å². The minimum Gasteiger partial charge on any atom is -0.355 e. The van der Waals surface area contributed by atoms with Crippen LogP contribution in [0.25, 0.3) is 0 Å². The minimum atomic E-state index is 0.177. The lowest BCUT2D eigenvalue weighted by Gasteiger charge is -2.12. The third-order valence-electron chi connectivity index (χ3n) is 2.85. The fourth-order valence-electron chi connectivity index (χ4n) is 2.02. The van der Waals surface area contributed by atoms with Crippen LogP contribution in [-0.2, 0) is 4.79 Å². The molecule has 1 heterocycles. The van der Waals surface area contributed by atoms with Gasteiger partial charge in [-0.2, -0.15) is 0 Å². The summed E-state index contributed by atoms with van der Waals surface area (Å²) in [7, 11) is 0. The standard InChI is InChI=1S/C12H15NO/c1-8-3-4-9(2)11(5-8)10-6-12(14)13-7-10/h3-5,10H,6-7H2,1-2H3,(H,13,14). The second-order valence-electron chi connectivity index (χ2n) is 4.07. The molecule has 1 atom stereocenters. The molecule has 1 aliphatic rings. The molecule has 1 aromatic rings. The Morgan fingerprint density at radius 3 is 2.79 bits per heavy atom. The van der Waals surface area contributed by atoms with E-state index < -0.39 is 0 Å². The summed E-state index contributed by atoms with van der Waals surface area (Å²) in [5.41, 5.74) is 3.88. The number of hydrogen-bond donors (Lipinski definition) is 1. The highest BCUT2D eigenvalue weighted by Crippen LogP contribution is 2.26. The van der Waals surface area contributed by atoms with Crippen molar-refractivity contribution in [3.8, 4) is 0 Å². The van der Waals surface area contributed by atoms with Crippen LogP contribution in [-0.4, -0.2) is 12.5 Å². The number of carbonyl (C=O) groups excluding carboxylic acids is 1. The number of aryl methyl sites for hydroxylation is 2. The summed E-state index contributed by atoms with van der Waals surface area (Å²) in [6.07, 6.45) is 0.643. The van der Waals surface area contributed by atoms with Gasteiger partial charge in [0.05, 0.1) is 0 Å². The lowest BCUT2D eigenvalue weighted by atomic mass is 9.93. The Morgan fingerprint density at radius 1 is 1.36 bits per heavy atom. The van der Waals surface area contributed by atoms with E-state index in [2.05, 4.69) is 37.4 Å². The van der Waals surface area contributed by atoms with Gasteiger partial charge in [0, 0.05) is 18.9 Å². The average Bonchev–Trinajstić information content (AvgIpc) is 2.56. The van der Waals surface area contributed by atoms with Crippen LogP contribution in [0.3, 0.4) is 0 Å². The molecule has 2 rings (SSSR count). The third-order valence-corrected chi connectivity index (χ3v) is 2.85. The molecule has 0 bridgehead atoms. The lowest BCUT2D eigenvalue weighted by molar-refractivity contribution is -0.119. The summed E-state index contributed by atoms with van der Waals surface area (Å²) in [5, 5.41) is 2.88. The SMILES string of the molecule is Cc1ccc(C)c(C2CNC(=O)C2)c1. The van der Waals surface area contributed by atoms with Gasteiger partial charge in [0.2, 0.25) is 5.91 Å². The predicted octanol–water partition coefficient (Wildman–Crippen LogP) is 1.91. The van der Waals surface area contributed by atoms with Crippen LogP contribution in [0.1, 0.15) is 29.0 Å². The first-order chi connectivity index (χ1) is 6.66. The van der Waals surface area contributed by atoms with Gasteiger partial charge in [-0.1, -0.05) is 23.8 Å². The Hall–Kier alpha value is -1.31. The van der Waals surface area contributed by atoms with Crippen LogP contribution in [0.5, 0.6) is 0 Å². The quantitative estimate of drug-likeness (QED) is 0.718. The number of nitrogens with one attached hydrogen (secondary N) is 1. The fraction of sp³-hybridized carbons (Fsp3) is 0.417. The maximum atomic E-state index is 11.1. The molecule has 1 amide bonds. The van der Waals surface area contributed by atoms with Gasteiger partial charge < -0.3 is 5.32 Å². The van der Waals surface area contributed by atoms with E-state index in [1.807, 2.05) is 0 Å². The molecular formula is C12H15NO. The maximum absolute atomic E-state index is 11.1. The van der Waals surface area contributed by atoms with Gasteiger partial charge in [-0.15, -0.1) is 0 Å². The van der Waals surface area contributed by atoms with Gasteiger partial charge in [-0.25, -0.2) is 0 Å². The number of amides is 1. The summed E-state index contributed by atoms with van der Waals surface area (Å²) < 4.78 is 0. The summed E-state index contributed by atoms with van der Waals surface area (Å²) in [6, 6.07) is 6.44. The summed E-state index contributed by atoms with van der Waals surface area (Å²) >= 11 is 0. The molecule has 0 spiro atoms. The Balaban J connectivity index is 2.31. The Bertz CT molecular complexity index is 371. The summed E-state index contributed by atoms with van der Waals surface area (Å²) in [6.45, 7) is 4.99. The van der Waals surface area contributed by atoms with Crippen LogP contribution < -0.4 is 5.32 Å². The number of benzene rings is 1. The van der Waals surface area contributed by atoms with E-state index in [1.54, 1.807) is 0 Å². The Morgan fingerprint density at radius 2 is 2.14 bits per heavy atom. The second-order valence-corrected chi connectivity index (χ2v) is 4.07. The van der Waals surface area contributed by atoms with E-state index >= 15 is 0 Å². The lowest BCUT2D eigenvalue weighted by Crippen LogP contribution is -2.13. The third kappa shape index (κ3) is 1.65. The predicted molar refractivity (Wildman–Crippen MR) is 56.3 cm³/mol. The van der Waals surface area contributed by atoms with Crippen LogP contribution in [0.15, 0.2) is 18.2 Å². The molecule has 2 heteroatoms. The number of hydrogen-bond acceptors (Lipinski definition) is 1. The van der Waals surface area contributed by atoms with Crippen LogP contribution in [0.4, 0.5) is 0 Å². The fourth-order valence-corrected chi connectivity index (χ4v) is 2.02. The molecule has 74 valence electrons. The van der Waals surface area contributed by atoms with E-state index in [1.165, 1.54) is 16.7 Å². The van der Waals surface area contributed by atoms with Gasteiger partial charge in [0.1, 0.15) is 0 Å². The Labute approximate surface area is 84.3 Å². The Kier molecular flexibility index (Phi) is 2.28. The minimum absolute atomic E-state index is 0.177. The van der Waals surface area contributed by atoms with Crippen molar-refractivity contribution >= 4 is 5.91 Å². The van der Waals surface area contributed by atoms with E-state index in [0.29, 0.717) is 12.3 Å². The van der Waals surface area contributed by atoms with Crippen LogP contribution >= 0.6 is 0 Å². The summed E-state index contributed by atoms with van der Waals surface area (Å²) in [5.74, 6) is 0.554. The van der Waals surface area contributed by atoms with Gasteiger partial charge in [0.25, 0.3) is 0 Å². The molecule has 1 saturated heterocycles. The highest BCUT2D eigenvalue weighted by Gasteiger charge is 2.23. The monoisotopic (exact) mass is 189 g/mol. The second kappa shape index (κ2) is 3.45. The van der Waals surface area contributed by atoms with Crippen molar-refractivity contribution in [2.75, 3.05) is 6.54 Å². The van der Waals surface area contributed by atoms with E-state index in [-0.39, 0.29) is 5.91 Å². The summed E-state index contributed by atoms with van der Waals surface area (Å²) in [4.78, 5) is 11.1. The molecule has 0 aromatic heterocycles. The molecule has 1 N–H and O–H groups in total. The maximum Gasteiger partial charge on any atom is 0.220 e. The topological polar surface area (TPSA) is 29.1 Å². The van der Waals surface area contributed by atoms with E-state index in [0.717, 1.165) is 6.54 Å². The molecule has 2 nitrogen and oxygen atoms in total. The van der Waals surface area contributed by atoms with Crippen LogP contribution in [0, 0.1) is 13.8 Å². The first-order valence-corrected chi connectivity index (χ1v) is 5.00. The highest BCUT2D eigenvalue weighted by atomic mass is 16.1. The zero-order chi connectivity index (χ0) is 10.1. The van der Waals surface area contributed by atoms with Crippen molar-refractivity contribution in [1.29, 1.82) is 0 Å². The van der Waals surface area contributed by atoms with E-state index in [9.17, 15) is 4.79 Å². The molecule has 0 aliphatic carbocycles. The van der Waals surface area contributed by atoms with Crippen molar-refractivity contribution in [3.63, 3.8) is 0 Å². The molecule has 1 aromatic carbocycles. The van der Waals surface area contributed by atoms with Gasteiger partial charge in [-0.05, 0) is 25.0 Å².